The molecule has 0 aliphatic carbocycles. The predicted octanol–water partition coefficient (Wildman–Crippen LogP) is 3.04. The van der Waals surface area contributed by atoms with Gasteiger partial charge in [-0.1, -0.05) is 30.3 Å². The first kappa shape index (κ1) is 14.7. The molecule has 1 amide bonds. The summed E-state index contributed by atoms with van der Waals surface area (Å²) >= 11 is 0. The number of aromatic nitrogens is 1. The summed E-state index contributed by atoms with van der Waals surface area (Å²) in [6.45, 7) is 3.20. The fourth-order valence-corrected chi connectivity index (χ4v) is 2.84. The van der Waals surface area contributed by atoms with Crippen molar-refractivity contribution in [1.29, 1.82) is 0 Å². The van der Waals surface area contributed by atoms with Gasteiger partial charge in [0, 0.05) is 24.7 Å². The van der Waals surface area contributed by atoms with Crippen LogP contribution in [-0.2, 0) is 16.1 Å². The number of hydrogen-bond donors (Lipinski definition) is 0. The summed E-state index contributed by atoms with van der Waals surface area (Å²) in [7, 11) is 0. The highest BCUT2D eigenvalue weighted by Gasteiger charge is 2.34. The van der Waals surface area contributed by atoms with Crippen LogP contribution in [0.3, 0.4) is 0 Å². The number of hydrogen-bond acceptors (Lipinski definition) is 3. The maximum Gasteiger partial charge on any atom is 0.233 e. The van der Waals surface area contributed by atoms with E-state index in [1.807, 2.05) is 54.3 Å². The first-order chi connectivity index (χ1) is 10.8. The molecule has 2 atom stereocenters. The van der Waals surface area contributed by atoms with Crippen LogP contribution < -0.4 is 4.90 Å². The molecule has 1 aromatic heterocycles. The summed E-state index contributed by atoms with van der Waals surface area (Å²) in [6.07, 6.45) is 4.20. The second-order valence-corrected chi connectivity index (χ2v) is 5.59. The molecule has 0 N–H and O–H groups in total. The fourth-order valence-electron chi connectivity index (χ4n) is 2.84. The number of nitrogens with zero attached hydrogens (tertiary/aromatic N) is 2. The third-order valence-electron chi connectivity index (χ3n) is 4.12. The van der Waals surface area contributed by atoms with Crippen molar-refractivity contribution in [3.8, 4) is 0 Å². The van der Waals surface area contributed by atoms with Crippen LogP contribution in [0.1, 0.15) is 18.9 Å². The molecule has 2 heterocycles. The first-order valence-electron chi connectivity index (χ1n) is 7.62. The lowest BCUT2D eigenvalue weighted by molar-refractivity contribution is -0.123. The third-order valence-corrected chi connectivity index (χ3v) is 4.12. The summed E-state index contributed by atoms with van der Waals surface area (Å²) in [5, 5.41) is 0. The van der Waals surface area contributed by atoms with Crippen LogP contribution in [0.2, 0.25) is 0 Å². The quantitative estimate of drug-likeness (QED) is 0.871. The largest absolute Gasteiger partial charge is 0.378 e. The second-order valence-electron chi connectivity index (χ2n) is 5.59. The molecule has 3 rings (SSSR count). The van der Waals surface area contributed by atoms with E-state index in [9.17, 15) is 4.79 Å². The molecule has 4 nitrogen and oxygen atoms in total. The van der Waals surface area contributed by atoms with E-state index in [0.29, 0.717) is 13.2 Å². The number of rotatable bonds is 4. The lowest BCUT2D eigenvalue weighted by Crippen LogP contribution is -2.38. The van der Waals surface area contributed by atoms with Gasteiger partial charge in [0.05, 0.1) is 18.6 Å². The van der Waals surface area contributed by atoms with Gasteiger partial charge in [0.25, 0.3) is 0 Å². The molecular weight excluding hydrogens is 276 g/mol. The molecule has 4 heteroatoms. The van der Waals surface area contributed by atoms with Gasteiger partial charge in [-0.15, -0.1) is 0 Å². The van der Waals surface area contributed by atoms with Gasteiger partial charge in [-0.3, -0.25) is 9.78 Å². The zero-order valence-electron chi connectivity index (χ0n) is 12.7. The number of carbonyl (C=O) groups is 1. The minimum absolute atomic E-state index is 0.0207. The van der Waals surface area contributed by atoms with Crippen molar-refractivity contribution in [3.63, 3.8) is 0 Å². The van der Waals surface area contributed by atoms with Gasteiger partial charge >= 0.3 is 0 Å². The van der Waals surface area contributed by atoms with Crippen LogP contribution >= 0.6 is 0 Å². The Morgan fingerprint density at radius 1 is 1.23 bits per heavy atom. The Bertz CT molecular complexity index is 615. The lowest BCUT2D eigenvalue weighted by atomic mass is 10.00. The number of amides is 1. The molecule has 1 aliphatic rings. The van der Waals surface area contributed by atoms with E-state index in [2.05, 4.69) is 4.98 Å². The Labute approximate surface area is 130 Å². The minimum Gasteiger partial charge on any atom is -0.378 e. The van der Waals surface area contributed by atoms with Crippen LogP contribution in [0.4, 0.5) is 5.69 Å². The second kappa shape index (κ2) is 6.71. The topological polar surface area (TPSA) is 42.4 Å². The van der Waals surface area contributed by atoms with Gasteiger partial charge in [0.15, 0.2) is 0 Å². The normalized spacial score (nSPS) is 20.8. The van der Waals surface area contributed by atoms with Crippen LogP contribution in [0.25, 0.3) is 0 Å². The third kappa shape index (κ3) is 3.17. The van der Waals surface area contributed by atoms with Crippen molar-refractivity contribution >= 4 is 11.6 Å². The van der Waals surface area contributed by atoms with Gasteiger partial charge in [-0.25, -0.2) is 0 Å². The van der Waals surface area contributed by atoms with E-state index >= 15 is 0 Å². The summed E-state index contributed by atoms with van der Waals surface area (Å²) in [4.78, 5) is 18.9. The summed E-state index contributed by atoms with van der Waals surface area (Å²) in [5.41, 5.74) is 1.99. The van der Waals surface area contributed by atoms with Crippen LogP contribution in [0.15, 0.2) is 54.9 Å². The maximum atomic E-state index is 13.0. The average molecular weight is 296 g/mol. The smallest absolute Gasteiger partial charge is 0.233 e. The molecule has 0 saturated carbocycles. The highest BCUT2D eigenvalue weighted by Crippen LogP contribution is 2.26. The van der Waals surface area contributed by atoms with E-state index in [4.69, 9.17) is 4.74 Å². The van der Waals surface area contributed by atoms with Crippen molar-refractivity contribution in [2.45, 2.75) is 26.0 Å². The number of anilines is 1. The van der Waals surface area contributed by atoms with Crippen molar-refractivity contribution in [2.75, 3.05) is 11.5 Å². The van der Waals surface area contributed by atoms with Crippen molar-refractivity contribution in [3.05, 3.63) is 60.4 Å². The first-order valence-corrected chi connectivity index (χ1v) is 7.62. The Kier molecular flexibility index (Phi) is 4.49. The molecule has 0 bridgehead atoms. The fraction of sp³-hybridized carbons (Fsp3) is 0.333. The molecule has 114 valence electrons. The van der Waals surface area contributed by atoms with Crippen LogP contribution in [-0.4, -0.2) is 23.6 Å². The monoisotopic (exact) mass is 296 g/mol. The molecule has 2 aromatic rings. The molecule has 1 saturated heterocycles. The lowest BCUT2D eigenvalue weighted by Gasteiger charge is -2.27. The van der Waals surface area contributed by atoms with Crippen molar-refractivity contribution in [2.24, 2.45) is 5.92 Å². The van der Waals surface area contributed by atoms with Gasteiger partial charge in [-0.2, -0.15) is 0 Å². The number of ether oxygens (including phenoxy) is 1. The van der Waals surface area contributed by atoms with E-state index in [-0.39, 0.29) is 17.9 Å². The molecular formula is C18H20N2O2. The summed E-state index contributed by atoms with van der Waals surface area (Å²) in [5.74, 6) is 0.0527. The standard InChI is InChI=1S/C18H20N2O2/c1-14-17(9-12-22-14)18(21)20(16-7-10-19-11-8-16)13-15-5-3-2-4-6-15/h2-8,10-11,14,17H,9,12-13H2,1H3. The van der Waals surface area contributed by atoms with Gasteiger partial charge in [0.1, 0.15) is 0 Å². The zero-order chi connectivity index (χ0) is 15.4. The molecule has 22 heavy (non-hydrogen) atoms. The highest BCUT2D eigenvalue weighted by molar-refractivity contribution is 5.95. The molecule has 0 radical (unpaired) electrons. The van der Waals surface area contributed by atoms with Gasteiger partial charge in [0.2, 0.25) is 5.91 Å². The number of carbonyl (C=O) groups excluding carboxylic acids is 1. The predicted molar refractivity (Wildman–Crippen MR) is 85.4 cm³/mol. The Morgan fingerprint density at radius 2 is 1.95 bits per heavy atom. The SMILES string of the molecule is CC1OCCC1C(=O)N(Cc1ccccc1)c1ccncc1. The van der Waals surface area contributed by atoms with Gasteiger partial charge < -0.3 is 9.64 Å². The maximum absolute atomic E-state index is 13.0. The highest BCUT2D eigenvalue weighted by atomic mass is 16.5. The van der Waals surface area contributed by atoms with E-state index in [1.165, 1.54) is 0 Å². The van der Waals surface area contributed by atoms with E-state index < -0.39 is 0 Å². The Balaban J connectivity index is 1.87. The average Bonchev–Trinajstić information content (AvgIpc) is 3.00. The number of benzene rings is 1. The molecule has 2 unspecified atom stereocenters. The van der Waals surface area contributed by atoms with Crippen molar-refractivity contribution in [1.82, 2.24) is 4.98 Å². The van der Waals surface area contributed by atoms with Crippen LogP contribution in [0.5, 0.6) is 0 Å². The number of pyridine rings is 1. The molecule has 1 fully saturated rings. The van der Waals surface area contributed by atoms with E-state index in [0.717, 1.165) is 17.7 Å². The Hall–Kier alpha value is -2.20. The molecule has 1 aromatic carbocycles. The summed E-state index contributed by atoms with van der Waals surface area (Å²) in [6, 6.07) is 13.8. The zero-order valence-corrected chi connectivity index (χ0v) is 12.7. The minimum atomic E-state index is -0.0723. The van der Waals surface area contributed by atoms with E-state index in [1.54, 1.807) is 12.4 Å². The Morgan fingerprint density at radius 3 is 2.59 bits per heavy atom. The molecule has 0 spiro atoms. The van der Waals surface area contributed by atoms with Crippen molar-refractivity contribution < 1.29 is 9.53 Å². The van der Waals surface area contributed by atoms with Crippen LogP contribution in [0, 0.1) is 5.92 Å². The summed E-state index contributed by atoms with van der Waals surface area (Å²) < 4.78 is 5.56. The molecule has 1 aliphatic heterocycles. The van der Waals surface area contributed by atoms with Gasteiger partial charge in [-0.05, 0) is 31.0 Å².